The number of para-hydroxylation sites is 1. The second-order valence-electron chi connectivity index (χ2n) is 3.07. The van der Waals surface area contributed by atoms with Crippen molar-refractivity contribution in [3.8, 4) is 0 Å². The first-order chi connectivity index (χ1) is 6.20. The summed E-state index contributed by atoms with van der Waals surface area (Å²) in [5.41, 5.74) is 2.02. The van der Waals surface area contributed by atoms with Gasteiger partial charge in [0.05, 0.1) is 12.0 Å². The molecule has 0 saturated heterocycles. The maximum Gasteiger partial charge on any atom is 0.0758 e. The van der Waals surface area contributed by atoms with Gasteiger partial charge in [-0.2, -0.15) is 0 Å². The first-order valence-corrected chi connectivity index (χ1v) is 4.54. The summed E-state index contributed by atoms with van der Waals surface area (Å²) in [6.45, 7) is 0. The fourth-order valence-corrected chi connectivity index (χ4v) is 2.09. The van der Waals surface area contributed by atoms with Gasteiger partial charge in [0.25, 0.3) is 0 Å². The van der Waals surface area contributed by atoms with Crippen LogP contribution in [0.25, 0.3) is 0 Å². The van der Waals surface area contributed by atoms with Gasteiger partial charge in [-0.05, 0) is 21.0 Å². The zero-order valence-corrected chi connectivity index (χ0v) is 8.09. The second-order valence-corrected chi connectivity index (χ2v) is 3.63. The van der Waals surface area contributed by atoms with Gasteiger partial charge in [-0.1, -0.05) is 18.2 Å². The van der Waals surface area contributed by atoms with Crippen LogP contribution in [0.1, 0.15) is 5.56 Å². The largest absolute Gasteiger partial charge is 0.548 e. The van der Waals surface area contributed by atoms with E-state index in [4.69, 9.17) is 0 Å². The van der Waals surface area contributed by atoms with E-state index in [-0.39, 0.29) is 0 Å². The monoisotopic (exact) mass is 194 g/mol. The number of aliphatic carboxylic acids is 1. The molecule has 0 fully saturated rings. The molecule has 4 heteroatoms. The highest BCUT2D eigenvalue weighted by Crippen LogP contribution is 2.34. The number of anilines is 1. The summed E-state index contributed by atoms with van der Waals surface area (Å²) in [5, 5.41) is 10.7. The van der Waals surface area contributed by atoms with Crippen LogP contribution >= 0.6 is 9.39 Å². The van der Waals surface area contributed by atoms with E-state index < -0.39 is 12.0 Å². The van der Waals surface area contributed by atoms with Gasteiger partial charge in [0.1, 0.15) is 0 Å². The Morgan fingerprint density at radius 1 is 1.54 bits per heavy atom. The third kappa shape index (κ3) is 1.29. The molecule has 1 heterocycles. The molecular weight excluding hydrogens is 185 g/mol. The minimum atomic E-state index is -1.02. The molecule has 0 saturated carbocycles. The molecule has 0 amide bonds. The lowest BCUT2D eigenvalue weighted by Crippen LogP contribution is -2.42. The van der Waals surface area contributed by atoms with Crippen molar-refractivity contribution >= 4 is 21.0 Å². The molecule has 0 aromatic heterocycles. The highest BCUT2D eigenvalue weighted by atomic mass is 31.0. The summed E-state index contributed by atoms with van der Waals surface area (Å²) < 4.78 is 1.67. The van der Waals surface area contributed by atoms with E-state index in [1.165, 1.54) is 0 Å². The number of benzene rings is 1. The third-order valence-electron chi connectivity index (χ3n) is 2.29. The molecule has 3 nitrogen and oxygen atoms in total. The van der Waals surface area contributed by atoms with Gasteiger partial charge in [-0.3, -0.25) is 0 Å². The molecule has 0 aliphatic carbocycles. The number of carbonyl (C=O) groups is 1. The van der Waals surface area contributed by atoms with Gasteiger partial charge >= 0.3 is 0 Å². The van der Waals surface area contributed by atoms with Crippen molar-refractivity contribution in [1.29, 1.82) is 0 Å². The van der Waals surface area contributed by atoms with Gasteiger partial charge in [0.15, 0.2) is 0 Å². The topological polar surface area (TPSA) is 43.4 Å². The molecule has 0 spiro atoms. The molecule has 13 heavy (non-hydrogen) atoms. The molecule has 1 aromatic rings. The van der Waals surface area contributed by atoms with Crippen LogP contribution < -0.4 is 9.78 Å². The average molecular weight is 194 g/mol. The van der Waals surface area contributed by atoms with Crippen molar-refractivity contribution in [3.63, 3.8) is 0 Å². The summed E-state index contributed by atoms with van der Waals surface area (Å²) in [5.74, 6) is -1.02. The summed E-state index contributed by atoms with van der Waals surface area (Å²) in [6, 6.07) is 7.12. The van der Waals surface area contributed by atoms with Gasteiger partial charge in [0, 0.05) is 12.1 Å². The Morgan fingerprint density at radius 2 is 2.23 bits per heavy atom. The van der Waals surface area contributed by atoms with Crippen molar-refractivity contribution in [3.05, 3.63) is 29.8 Å². The van der Waals surface area contributed by atoms with Gasteiger partial charge in [0.2, 0.25) is 0 Å². The minimum Gasteiger partial charge on any atom is -0.548 e. The molecule has 1 aliphatic rings. The highest BCUT2D eigenvalue weighted by Gasteiger charge is 2.26. The van der Waals surface area contributed by atoms with Gasteiger partial charge in [-0.25, -0.2) is 0 Å². The molecule has 68 valence electrons. The lowest BCUT2D eigenvalue weighted by atomic mass is 10.1. The number of rotatable bonds is 1. The fourth-order valence-electron chi connectivity index (χ4n) is 1.61. The Morgan fingerprint density at radius 3 is 2.85 bits per heavy atom. The molecule has 2 unspecified atom stereocenters. The molecule has 0 bridgehead atoms. The van der Waals surface area contributed by atoms with Crippen molar-refractivity contribution in [2.24, 2.45) is 0 Å². The first kappa shape index (κ1) is 8.52. The highest BCUT2D eigenvalue weighted by molar-refractivity contribution is 7.19. The number of hydrogen-bond acceptors (Lipinski definition) is 3. The molecule has 0 N–H and O–H groups in total. The molecule has 2 rings (SSSR count). The number of nitrogens with zero attached hydrogens (tertiary/aromatic N) is 1. The maximum absolute atomic E-state index is 10.7. The molecule has 2 atom stereocenters. The van der Waals surface area contributed by atoms with Crippen LogP contribution in [0, 0.1) is 0 Å². The minimum absolute atomic E-state index is 0.530. The Balaban J connectivity index is 2.38. The zero-order valence-electron chi connectivity index (χ0n) is 6.93. The normalized spacial score (nSPS) is 20.1. The van der Waals surface area contributed by atoms with Crippen molar-refractivity contribution in [2.45, 2.75) is 12.5 Å². The van der Waals surface area contributed by atoms with Crippen LogP contribution in [0.3, 0.4) is 0 Å². The molecule has 1 aromatic carbocycles. The Bertz CT molecular complexity index is 353. The summed E-state index contributed by atoms with van der Waals surface area (Å²) >= 11 is 0. The number of carbonyl (C=O) groups excluding carboxylic acids is 1. The second kappa shape index (κ2) is 3.00. The predicted molar refractivity (Wildman–Crippen MR) is 51.1 cm³/mol. The molecular formula is C9H9NO2P-. The van der Waals surface area contributed by atoms with E-state index >= 15 is 0 Å². The number of fused-ring (bicyclic) bond motifs is 1. The van der Waals surface area contributed by atoms with Crippen LogP contribution in [0.2, 0.25) is 0 Å². The zero-order chi connectivity index (χ0) is 9.42. The van der Waals surface area contributed by atoms with Crippen LogP contribution in [-0.2, 0) is 11.2 Å². The van der Waals surface area contributed by atoms with E-state index in [2.05, 4.69) is 9.39 Å². The summed E-state index contributed by atoms with van der Waals surface area (Å²) in [6.07, 6.45) is 0.530. The lowest BCUT2D eigenvalue weighted by Gasteiger charge is -2.22. The Hall–Kier alpha value is -1.08. The van der Waals surface area contributed by atoms with E-state index in [0.717, 1.165) is 11.3 Å². The molecule has 0 radical (unpaired) electrons. The summed E-state index contributed by atoms with van der Waals surface area (Å²) in [7, 11) is 2.42. The van der Waals surface area contributed by atoms with Crippen molar-refractivity contribution in [2.75, 3.05) is 4.67 Å². The Kier molecular flexibility index (Phi) is 1.97. The first-order valence-electron chi connectivity index (χ1n) is 4.03. The standard InChI is InChI=1S/C9H10NO2P/c11-9(12)8-5-6-3-1-2-4-7(6)10(8)13/h1-4,8H,5,13H2,(H,11,12)/p-1. The van der Waals surface area contributed by atoms with Gasteiger partial charge in [-0.15, -0.1) is 0 Å². The van der Waals surface area contributed by atoms with Crippen LogP contribution in [-0.4, -0.2) is 12.0 Å². The number of carboxylic acid groups (broad SMARTS) is 1. The fraction of sp³-hybridized carbons (Fsp3) is 0.222. The van der Waals surface area contributed by atoms with E-state index in [1.807, 2.05) is 24.3 Å². The van der Waals surface area contributed by atoms with Crippen LogP contribution in [0.4, 0.5) is 5.69 Å². The predicted octanol–water partition coefficient (Wildman–Crippen LogP) is -0.0423. The van der Waals surface area contributed by atoms with Crippen LogP contribution in [0.5, 0.6) is 0 Å². The third-order valence-corrected chi connectivity index (χ3v) is 2.93. The van der Waals surface area contributed by atoms with Crippen molar-refractivity contribution in [1.82, 2.24) is 0 Å². The average Bonchev–Trinajstić information content (AvgIpc) is 2.45. The number of hydrogen-bond donors (Lipinski definition) is 0. The quantitative estimate of drug-likeness (QED) is 0.589. The van der Waals surface area contributed by atoms with E-state index in [0.29, 0.717) is 6.42 Å². The van der Waals surface area contributed by atoms with Crippen LogP contribution in [0.15, 0.2) is 24.3 Å². The Labute approximate surface area is 78.6 Å². The number of carboxylic acids is 1. The van der Waals surface area contributed by atoms with E-state index in [9.17, 15) is 9.90 Å². The van der Waals surface area contributed by atoms with Gasteiger partial charge < -0.3 is 14.6 Å². The summed E-state index contributed by atoms with van der Waals surface area (Å²) in [4.78, 5) is 10.7. The SMILES string of the molecule is O=C([O-])C1Cc2ccccc2N1P. The van der Waals surface area contributed by atoms with E-state index in [1.54, 1.807) is 4.67 Å². The lowest BCUT2D eigenvalue weighted by molar-refractivity contribution is -0.306. The smallest absolute Gasteiger partial charge is 0.0758 e. The maximum atomic E-state index is 10.7. The molecule has 1 aliphatic heterocycles. The van der Waals surface area contributed by atoms with Crippen molar-refractivity contribution < 1.29 is 9.90 Å².